The van der Waals surface area contributed by atoms with E-state index in [-0.39, 0.29) is 11.6 Å². The second kappa shape index (κ2) is 8.25. The van der Waals surface area contributed by atoms with Crippen molar-refractivity contribution in [3.8, 4) is 11.5 Å². The molecule has 1 rings (SSSR count). The van der Waals surface area contributed by atoms with Gasteiger partial charge in [0.2, 0.25) is 0 Å². The van der Waals surface area contributed by atoms with Gasteiger partial charge in [-0.2, -0.15) is 0 Å². The maximum absolute atomic E-state index is 6.05. The molecular formula is C17H29NO3. The Labute approximate surface area is 128 Å². The number of nitrogens with one attached hydrogen (secondary N) is 1. The number of ether oxygens (including phenoxy) is 3. The smallest absolute Gasteiger partial charge is 0.127 e. The zero-order valence-electron chi connectivity index (χ0n) is 14.2. The van der Waals surface area contributed by atoms with Gasteiger partial charge in [0.05, 0.1) is 25.9 Å². The van der Waals surface area contributed by atoms with Crippen molar-refractivity contribution in [2.75, 3.05) is 27.4 Å². The first kappa shape index (κ1) is 17.8. The molecule has 2 atom stereocenters. The highest BCUT2D eigenvalue weighted by Gasteiger charge is 2.35. The monoisotopic (exact) mass is 295 g/mol. The fourth-order valence-corrected chi connectivity index (χ4v) is 2.64. The van der Waals surface area contributed by atoms with Crippen LogP contribution in [-0.2, 0) is 4.74 Å². The number of hydrogen-bond donors (Lipinski definition) is 1. The summed E-state index contributed by atoms with van der Waals surface area (Å²) in [7, 11) is 3.35. The molecule has 0 heterocycles. The minimum Gasteiger partial charge on any atom is -0.497 e. The summed E-state index contributed by atoms with van der Waals surface area (Å²) in [6.07, 6.45) is 0.910. The predicted molar refractivity (Wildman–Crippen MR) is 86.3 cm³/mol. The standard InChI is InChI=1S/C17H29NO3/c1-7-17(4,21-9-3)16(18-8-2)14-11-10-13(19-5)12-15(14)20-6/h10-12,16,18H,7-9H2,1-6H3. The van der Waals surface area contributed by atoms with Gasteiger partial charge in [-0.25, -0.2) is 0 Å². The minimum absolute atomic E-state index is 0.0632. The number of rotatable bonds is 9. The highest BCUT2D eigenvalue weighted by molar-refractivity contribution is 5.43. The Balaban J connectivity index is 3.27. The lowest BCUT2D eigenvalue weighted by molar-refractivity contribution is -0.0564. The summed E-state index contributed by atoms with van der Waals surface area (Å²) in [5.41, 5.74) is 0.810. The summed E-state index contributed by atoms with van der Waals surface area (Å²) in [4.78, 5) is 0. The Kier molecular flexibility index (Phi) is 6.99. The highest BCUT2D eigenvalue weighted by Crippen LogP contribution is 2.38. The molecule has 0 fully saturated rings. The van der Waals surface area contributed by atoms with E-state index in [4.69, 9.17) is 14.2 Å². The van der Waals surface area contributed by atoms with Crippen LogP contribution in [0.25, 0.3) is 0 Å². The van der Waals surface area contributed by atoms with Gasteiger partial charge in [0.15, 0.2) is 0 Å². The molecule has 1 aromatic carbocycles. The van der Waals surface area contributed by atoms with E-state index in [0.717, 1.165) is 30.0 Å². The second-order valence-electron chi connectivity index (χ2n) is 5.20. The Morgan fingerprint density at radius 1 is 1.14 bits per heavy atom. The maximum Gasteiger partial charge on any atom is 0.127 e. The third-order valence-electron chi connectivity index (χ3n) is 3.95. The summed E-state index contributed by atoms with van der Waals surface area (Å²) in [5, 5.41) is 3.54. The van der Waals surface area contributed by atoms with E-state index in [9.17, 15) is 0 Å². The molecule has 0 aromatic heterocycles. The molecule has 1 aromatic rings. The van der Waals surface area contributed by atoms with Crippen molar-refractivity contribution in [3.05, 3.63) is 23.8 Å². The largest absolute Gasteiger partial charge is 0.497 e. The first-order valence-electron chi connectivity index (χ1n) is 7.65. The van der Waals surface area contributed by atoms with Gasteiger partial charge in [0.25, 0.3) is 0 Å². The van der Waals surface area contributed by atoms with E-state index in [2.05, 4.69) is 32.2 Å². The van der Waals surface area contributed by atoms with Gasteiger partial charge in [-0.05, 0) is 38.9 Å². The van der Waals surface area contributed by atoms with Gasteiger partial charge >= 0.3 is 0 Å². The van der Waals surface area contributed by atoms with Gasteiger partial charge in [-0.1, -0.05) is 13.8 Å². The van der Waals surface area contributed by atoms with Crippen LogP contribution in [0.3, 0.4) is 0 Å². The second-order valence-corrected chi connectivity index (χ2v) is 5.20. The number of hydrogen-bond acceptors (Lipinski definition) is 4. The van der Waals surface area contributed by atoms with Crippen molar-refractivity contribution in [2.45, 2.75) is 45.8 Å². The fourth-order valence-electron chi connectivity index (χ4n) is 2.64. The lowest BCUT2D eigenvalue weighted by atomic mass is 9.87. The lowest BCUT2D eigenvalue weighted by Crippen LogP contribution is -2.43. The van der Waals surface area contributed by atoms with Crippen LogP contribution >= 0.6 is 0 Å². The van der Waals surface area contributed by atoms with Crippen LogP contribution in [0.2, 0.25) is 0 Å². The quantitative estimate of drug-likeness (QED) is 0.756. The summed E-state index contributed by atoms with van der Waals surface area (Å²) in [5.74, 6) is 1.61. The van der Waals surface area contributed by atoms with Crippen molar-refractivity contribution in [3.63, 3.8) is 0 Å². The van der Waals surface area contributed by atoms with E-state index in [1.165, 1.54) is 0 Å². The molecule has 0 saturated heterocycles. The number of likely N-dealkylation sites (N-methyl/N-ethyl adjacent to an activating group) is 1. The Bertz CT molecular complexity index is 436. The molecular weight excluding hydrogens is 266 g/mol. The van der Waals surface area contributed by atoms with Crippen LogP contribution in [0.4, 0.5) is 0 Å². The van der Waals surface area contributed by atoms with Crippen LogP contribution in [-0.4, -0.2) is 33.0 Å². The van der Waals surface area contributed by atoms with E-state index in [0.29, 0.717) is 6.61 Å². The first-order valence-corrected chi connectivity index (χ1v) is 7.65. The summed E-state index contributed by atoms with van der Waals surface area (Å²) in [6, 6.07) is 6.00. The van der Waals surface area contributed by atoms with E-state index >= 15 is 0 Å². The highest BCUT2D eigenvalue weighted by atomic mass is 16.5. The van der Waals surface area contributed by atoms with Crippen molar-refractivity contribution in [1.29, 1.82) is 0 Å². The van der Waals surface area contributed by atoms with Crippen LogP contribution in [0, 0.1) is 0 Å². The third-order valence-corrected chi connectivity index (χ3v) is 3.95. The van der Waals surface area contributed by atoms with Crippen LogP contribution in [0.5, 0.6) is 11.5 Å². The fraction of sp³-hybridized carbons (Fsp3) is 0.647. The number of benzene rings is 1. The van der Waals surface area contributed by atoms with Gasteiger partial charge < -0.3 is 19.5 Å². The van der Waals surface area contributed by atoms with E-state index in [1.807, 2.05) is 19.1 Å². The predicted octanol–water partition coefficient (Wildman–Crippen LogP) is 3.56. The molecule has 0 amide bonds. The molecule has 4 nitrogen and oxygen atoms in total. The van der Waals surface area contributed by atoms with Crippen molar-refractivity contribution in [2.24, 2.45) is 0 Å². The summed E-state index contributed by atoms with van der Waals surface area (Å²) in [6.45, 7) is 9.98. The first-order chi connectivity index (χ1) is 10.1. The van der Waals surface area contributed by atoms with Crippen LogP contribution in [0.15, 0.2) is 18.2 Å². The topological polar surface area (TPSA) is 39.7 Å². The molecule has 120 valence electrons. The molecule has 2 unspecified atom stereocenters. The molecule has 0 aliphatic heterocycles. The molecule has 0 radical (unpaired) electrons. The van der Waals surface area contributed by atoms with Crippen molar-refractivity contribution < 1.29 is 14.2 Å². The average molecular weight is 295 g/mol. The molecule has 0 spiro atoms. The van der Waals surface area contributed by atoms with Gasteiger partial charge in [-0.3, -0.25) is 0 Å². The van der Waals surface area contributed by atoms with Crippen LogP contribution < -0.4 is 14.8 Å². The Hall–Kier alpha value is -1.26. The zero-order chi connectivity index (χ0) is 15.9. The normalized spacial score (nSPS) is 15.3. The van der Waals surface area contributed by atoms with Crippen molar-refractivity contribution >= 4 is 0 Å². The molecule has 0 aliphatic rings. The average Bonchev–Trinajstić information content (AvgIpc) is 2.52. The molecule has 1 N–H and O–H groups in total. The van der Waals surface area contributed by atoms with Gasteiger partial charge in [0, 0.05) is 18.2 Å². The maximum atomic E-state index is 6.05. The molecule has 0 bridgehead atoms. The SMILES string of the molecule is CCNC(c1ccc(OC)cc1OC)C(C)(CC)OCC. The van der Waals surface area contributed by atoms with Crippen molar-refractivity contribution in [1.82, 2.24) is 5.32 Å². The lowest BCUT2D eigenvalue weighted by Gasteiger charge is -2.38. The van der Waals surface area contributed by atoms with E-state index < -0.39 is 0 Å². The molecule has 4 heteroatoms. The Morgan fingerprint density at radius 2 is 1.86 bits per heavy atom. The minimum atomic E-state index is -0.285. The third kappa shape index (κ3) is 4.11. The summed E-state index contributed by atoms with van der Waals surface area (Å²) >= 11 is 0. The molecule has 0 saturated carbocycles. The van der Waals surface area contributed by atoms with E-state index in [1.54, 1.807) is 14.2 Å². The number of methoxy groups -OCH3 is 2. The van der Waals surface area contributed by atoms with Gasteiger partial charge in [0.1, 0.15) is 11.5 Å². The molecule has 0 aliphatic carbocycles. The zero-order valence-corrected chi connectivity index (χ0v) is 14.2. The summed E-state index contributed by atoms with van der Waals surface area (Å²) < 4.78 is 16.9. The van der Waals surface area contributed by atoms with Crippen LogP contribution in [0.1, 0.15) is 45.7 Å². The Morgan fingerprint density at radius 3 is 2.33 bits per heavy atom. The van der Waals surface area contributed by atoms with Gasteiger partial charge in [-0.15, -0.1) is 0 Å². The molecule has 21 heavy (non-hydrogen) atoms.